The van der Waals surface area contributed by atoms with Crippen LogP contribution in [0.5, 0.6) is 0 Å². The van der Waals surface area contributed by atoms with E-state index in [1.807, 2.05) is 29.7 Å². The molecule has 0 saturated carbocycles. The summed E-state index contributed by atoms with van der Waals surface area (Å²) in [6.45, 7) is 1.93. The Bertz CT molecular complexity index is 461. The predicted molar refractivity (Wildman–Crippen MR) is 60.3 cm³/mol. The van der Waals surface area contributed by atoms with Crippen molar-refractivity contribution in [3.05, 3.63) is 29.8 Å². The third-order valence-electron chi connectivity index (χ3n) is 2.36. The second kappa shape index (κ2) is 4.25. The fraction of sp³-hybridized carbons (Fsp3) is 0.182. The van der Waals surface area contributed by atoms with E-state index in [9.17, 15) is 14.4 Å². The monoisotopic (exact) mass is 233 g/mol. The maximum atomic E-state index is 11.4. The molecule has 17 heavy (non-hydrogen) atoms. The Morgan fingerprint density at radius 2 is 1.53 bits per heavy atom. The molecule has 1 aliphatic heterocycles. The molecule has 0 radical (unpaired) electrons. The quantitative estimate of drug-likeness (QED) is 0.634. The van der Waals surface area contributed by atoms with Gasteiger partial charge in [0, 0.05) is 5.69 Å². The van der Waals surface area contributed by atoms with E-state index < -0.39 is 23.9 Å². The summed E-state index contributed by atoms with van der Waals surface area (Å²) in [7, 11) is 0. The Kier molecular flexibility index (Phi) is 2.78. The molecule has 1 fully saturated rings. The van der Waals surface area contributed by atoms with Crippen LogP contribution < -0.4 is 16.0 Å². The van der Waals surface area contributed by atoms with Crippen LogP contribution in [0.3, 0.4) is 0 Å². The lowest BCUT2D eigenvalue weighted by Crippen LogP contribution is -2.61. The van der Waals surface area contributed by atoms with E-state index in [4.69, 9.17) is 0 Å². The topological polar surface area (TPSA) is 87.3 Å². The number of nitrogens with one attached hydrogen (secondary N) is 3. The molecule has 2 rings (SSSR count). The van der Waals surface area contributed by atoms with Crippen LogP contribution in [0, 0.1) is 6.92 Å². The molecular weight excluding hydrogens is 222 g/mol. The van der Waals surface area contributed by atoms with Crippen molar-refractivity contribution in [3.8, 4) is 0 Å². The van der Waals surface area contributed by atoms with E-state index in [0.29, 0.717) is 5.69 Å². The summed E-state index contributed by atoms with van der Waals surface area (Å²) in [5.74, 6) is -1.31. The van der Waals surface area contributed by atoms with Crippen molar-refractivity contribution in [1.82, 2.24) is 10.6 Å². The zero-order valence-electron chi connectivity index (χ0n) is 9.11. The van der Waals surface area contributed by atoms with Crippen LogP contribution in [-0.2, 0) is 9.59 Å². The van der Waals surface area contributed by atoms with Gasteiger partial charge >= 0.3 is 6.03 Å². The van der Waals surface area contributed by atoms with Crippen molar-refractivity contribution in [2.75, 3.05) is 5.32 Å². The number of anilines is 1. The van der Waals surface area contributed by atoms with Gasteiger partial charge in [0.05, 0.1) is 0 Å². The zero-order chi connectivity index (χ0) is 12.4. The van der Waals surface area contributed by atoms with Crippen LogP contribution in [0.25, 0.3) is 0 Å². The molecule has 1 aromatic rings. The first-order valence-electron chi connectivity index (χ1n) is 5.05. The van der Waals surface area contributed by atoms with E-state index >= 15 is 0 Å². The van der Waals surface area contributed by atoms with E-state index in [1.165, 1.54) is 0 Å². The van der Waals surface area contributed by atoms with E-state index in [0.717, 1.165) is 5.56 Å². The first-order chi connectivity index (χ1) is 8.06. The molecule has 1 heterocycles. The molecule has 0 unspecified atom stereocenters. The number of rotatable bonds is 2. The molecule has 0 atom stereocenters. The normalized spacial score (nSPS) is 16.4. The molecule has 4 amide bonds. The van der Waals surface area contributed by atoms with Gasteiger partial charge < -0.3 is 5.32 Å². The van der Waals surface area contributed by atoms with E-state index in [-0.39, 0.29) is 0 Å². The molecule has 0 aliphatic carbocycles. The van der Waals surface area contributed by atoms with Crippen molar-refractivity contribution in [3.63, 3.8) is 0 Å². The lowest BCUT2D eigenvalue weighted by molar-refractivity contribution is -0.130. The molecule has 1 aromatic carbocycles. The van der Waals surface area contributed by atoms with Gasteiger partial charge in [-0.05, 0) is 19.1 Å². The number of aryl methyl sites for hydroxylation is 1. The van der Waals surface area contributed by atoms with E-state index in [1.54, 1.807) is 12.1 Å². The van der Waals surface area contributed by atoms with Crippen LogP contribution in [0.1, 0.15) is 5.56 Å². The Morgan fingerprint density at radius 1 is 1.00 bits per heavy atom. The van der Waals surface area contributed by atoms with Gasteiger partial charge in [-0.25, -0.2) is 4.79 Å². The number of hydrogen-bond acceptors (Lipinski definition) is 4. The smallest absolute Gasteiger partial charge is 0.328 e. The first kappa shape index (κ1) is 11.1. The van der Waals surface area contributed by atoms with Crippen LogP contribution in [-0.4, -0.2) is 23.9 Å². The maximum absolute atomic E-state index is 11.4. The number of imide groups is 2. The van der Waals surface area contributed by atoms with Gasteiger partial charge in [0.25, 0.3) is 11.8 Å². The highest BCUT2D eigenvalue weighted by molar-refractivity contribution is 6.20. The summed E-state index contributed by atoms with van der Waals surface area (Å²) < 4.78 is 0. The molecule has 3 N–H and O–H groups in total. The summed E-state index contributed by atoms with van der Waals surface area (Å²) in [5, 5.41) is 6.79. The number of carbonyl (C=O) groups excluding carboxylic acids is 3. The van der Waals surface area contributed by atoms with Gasteiger partial charge in [0.1, 0.15) is 0 Å². The summed E-state index contributed by atoms with van der Waals surface area (Å²) >= 11 is 0. The fourth-order valence-electron chi connectivity index (χ4n) is 1.47. The van der Waals surface area contributed by atoms with Gasteiger partial charge in [0.15, 0.2) is 6.04 Å². The summed E-state index contributed by atoms with van der Waals surface area (Å²) in [6.07, 6.45) is 0. The second-order valence-corrected chi connectivity index (χ2v) is 3.75. The molecule has 6 heteroatoms. The van der Waals surface area contributed by atoms with Crippen molar-refractivity contribution >= 4 is 23.5 Å². The van der Waals surface area contributed by atoms with Crippen LogP contribution in [0.15, 0.2) is 24.3 Å². The minimum atomic E-state index is -1.09. The molecule has 6 nitrogen and oxygen atoms in total. The van der Waals surface area contributed by atoms with Gasteiger partial charge in [0.2, 0.25) is 0 Å². The Labute approximate surface area is 97.4 Å². The van der Waals surface area contributed by atoms with Gasteiger partial charge in [-0.15, -0.1) is 0 Å². The molecule has 0 aromatic heterocycles. The maximum Gasteiger partial charge on any atom is 0.328 e. The van der Waals surface area contributed by atoms with Crippen molar-refractivity contribution in [2.45, 2.75) is 13.0 Å². The Hall–Kier alpha value is -2.37. The minimum absolute atomic E-state index is 0.639. The zero-order valence-corrected chi connectivity index (χ0v) is 9.11. The number of carbonyl (C=O) groups is 3. The highest BCUT2D eigenvalue weighted by atomic mass is 16.2. The summed E-state index contributed by atoms with van der Waals surface area (Å²) in [4.78, 5) is 33.7. The molecule has 0 spiro atoms. The Balaban J connectivity index is 2.12. The summed E-state index contributed by atoms with van der Waals surface area (Å²) in [6, 6.07) is 5.34. The molecular formula is C11H11N3O3. The SMILES string of the molecule is Cc1ccc(NC2C(=O)NC(=O)NC2=O)cc1. The highest BCUT2D eigenvalue weighted by Gasteiger charge is 2.33. The van der Waals surface area contributed by atoms with Crippen LogP contribution in [0.2, 0.25) is 0 Å². The van der Waals surface area contributed by atoms with Crippen molar-refractivity contribution in [2.24, 2.45) is 0 Å². The van der Waals surface area contributed by atoms with Gasteiger partial charge in [-0.1, -0.05) is 17.7 Å². The fourth-order valence-corrected chi connectivity index (χ4v) is 1.47. The lowest BCUT2D eigenvalue weighted by Gasteiger charge is -2.22. The number of barbiturate groups is 1. The third kappa shape index (κ3) is 2.41. The van der Waals surface area contributed by atoms with Gasteiger partial charge in [-0.3, -0.25) is 20.2 Å². The lowest BCUT2D eigenvalue weighted by atomic mass is 10.2. The number of hydrogen-bond donors (Lipinski definition) is 3. The molecule has 0 bridgehead atoms. The predicted octanol–water partition coefficient (Wildman–Crippen LogP) is 0.142. The minimum Gasteiger partial charge on any atom is -0.366 e. The molecule has 1 saturated heterocycles. The largest absolute Gasteiger partial charge is 0.366 e. The van der Waals surface area contributed by atoms with Gasteiger partial charge in [-0.2, -0.15) is 0 Å². The van der Waals surface area contributed by atoms with Crippen molar-refractivity contribution < 1.29 is 14.4 Å². The average Bonchev–Trinajstić information content (AvgIpc) is 2.26. The number of benzene rings is 1. The number of urea groups is 1. The third-order valence-corrected chi connectivity index (χ3v) is 2.36. The molecule has 1 aliphatic rings. The molecule has 88 valence electrons. The standard InChI is InChI=1S/C11H11N3O3/c1-6-2-4-7(5-3-6)12-8-9(15)13-11(17)14-10(8)16/h2-5,8,12H,1H3,(H2,13,14,15,16,17). The number of amides is 4. The average molecular weight is 233 g/mol. The first-order valence-corrected chi connectivity index (χ1v) is 5.05. The van der Waals surface area contributed by atoms with Crippen LogP contribution in [0.4, 0.5) is 10.5 Å². The van der Waals surface area contributed by atoms with Crippen molar-refractivity contribution in [1.29, 1.82) is 0 Å². The Morgan fingerprint density at radius 3 is 2.06 bits per heavy atom. The van der Waals surface area contributed by atoms with Crippen LogP contribution >= 0.6 is 0 Å². The van der Waals surface area contributed by atoms with E-state index in [2.05, 4.69) is 5.32 Å². The summed E-state index contributed by atoms with van der Waals surface area (Å²) in [5.41, 5.74) is 1.71. The second-order valence-electron chi connectivity index (χ2n) is 3.75. The highest BCUT2D eigenvalue weighted by Crippen LogP contribution is 2.11.